The summed E-state index contributed by atoms with van der Waals surface area (Å²) in [5.41, 5.74) is 1.70. The second-order valence-corrected chi connectivity index (χ2v) is 9.81. The van der Waals surface area contributed by atoms with Crippen LogP contribution in [0.5, 0.6) is 5.75 Å². The maximum Gasteiger partial charge on any atom is 0.287 e. The van der Waals surface area contributed by atoms with Crippen LogP contribution in [0.4, 0.5) is 0 Å². The van der Waals surface area contributed by atoms with Crippen molar-refractivity contribution in [3.63, 3.8) is 0 Å². The third-order valence-corrected chi connectivity index (χ3v) is 7.12. The number of carbonyl (C=O) groups excluding carboxylic acids is 2. The van der Waals surface area contributed by atoms with Gasteiger partial charge in [-0.25, -0.2) is 0 Å². The zero-order chi connectivity index (χ0) is 24.6. The average Bonchev–Trinajstić information content (AvgIpc) is 3.19. The number of fused-ring (bicyclic) bond motifs is 3. The highest BCUT2D eigenvalue weighted by atomic mass is 35.5. The molecule has 0 spiro atoms. The number of morpholine rings is 1. The van der Waals surface area contributed by atoms with Crippen molar-refractivity contribution in [1.29, 1.82) is 0 Å². The van der Waals surface area contributed by atoms with Crippen LogP contribution in [0.3, 0.4) is 0 Å². The monoisotopic (exact) mass is 496 g/mol. The van der Waals surface area contributed by atoms with E-state index in [4.69, 9.17) is 25.5 Å². The molecule has 1 unspecified atom stereocenters. The van der Waals surface area contributed by atoms with Crippen molar-refractivity contribution in [3.8, 4) is 5.75 Å². The van der Waals surface area contributed by atoms with E-state index in [2.05, 4.69) is 10.2 Å². The molecule has 184 valence electrons. The largest absolute Gasteiger partial charge is 0.482 e. The Bertz CT molecular complexity index is 1260. The van der Waals surface area contributed by atoms with Crippen LogP contribution in [-0.2, 0) is 10.3 Å². The fraction of sp³-hybridized carbons (Fsp3) is 0.407. The topological polar surface area (TPSA) is 81.0 Å². The Morgan fingerprint density at radius 3 is 2.63 bits per heavy atom. The predicted octanol–water partition coefficient (Wildman–Crippen LogP) is 4.73. The van der Waals surface area contributed by atoms with Gasteiger partial charge in [-0.1, -0.05) is 23.7 Å². The van der Waals surface area contributed by atoms with Crippen molar-refractivity contribution in [2.75, 3.05) is 39.4 Å². The molecule has 1 saturated heterocycles. The number of ketones is 1. The second-order valence-electron chi connectivity index (χ2n) is 9.37. The van der Waals surface area contributed by atoms with E-state index in [0.717, 1.165) is 44.8 Å². The first-order valence-electron chi connectivity index (χ1n) is 12.0. The third kappa shape index (κ3) is 4.68. The number of benzene rings is 2. The number of furan rings is 1. The Morgan fingerprint density at radius 2 is 1.89 bits per heavy atom. The second kappa shape index (κ2) is 9.64. The van der Waals surface area contributed by atoms with E-state index in [1.807, 2.05) is 26.0 Å². The standard InChI is InChI=1S/C27H29ClN2O5/c1-17-23-21(34-25(17)26(32)29-10-3-11-30-12-14-33-15-13-30)8-9-22-24(23)20(31)16-27(2,35-22)18-4-6-19(28)7-5-18/h4-9H,3,10-16H2,1-2H3,(H,29,32). The molecule has 1 aromatic heterocycles. The lowest BCUT2D eigenvalue weighted by Crippen LogP contribution is -2.38. The normalized spacial score (nSPS) is 20.5. The number of Topliss-reactive ketones (excluding diaryl/α,β-unsaturated/α-hetero) is 1. The van der Waals surface area contributed by atoms with Gasteiger partial charge in [-0.2, -0.15) is 0 Å². The van der Waals surface area contributed by atoms with Crippen molar-refractivity contribution in [2.45, 2.75) is 32.3 Å². The molecule has 0 radical (unpaired) electrons. The fourth-order valence-corrected chi connectivity index (χ4v) is 5.07. The third-order valence-electron chi connectivity index (χ3n) is 6.87. The van der Waals surface area contributed by atoms with E-state index >= 15 is 0 Å². The SMILES string of the molecule is Cc1c(C(=O)NCCCN2CCOCC2)oc2ccc3c(c12)C(=O)CC(C)(c1ccc(Cl)cc1)O3. The quantitative estimate of drug-likeness (QED) is 0.497. The summed E-state index contributed by atoms with van der Waals surface area (Å²) in [5.74, 6) is 0.409. The summed E-state index contributed by atoms with van der Waals surface area (Å²) in [4.78, 5) is 28.6. The molecule has 2 aliphatic heterocycles. The Hall–Kier alpha value is -2.87. The van der Waals surface area contributed by atoms with Crippen molar-refractivity contribution >= 4 is 34.3 Å². The fourth-order valence-electron chi connectivity index (χ4n) is 4.95. The lowest BCUT2D eigenvalue weighted by atomic mass is 9.84. The van der Waals surface area contributed by atoms with E-state index < -0.39 is 5.60 Å². The molecule has 8 heteroatoms. The van der Waals surface area contributed by atoms with Gasteiger partial charge >= 0.3 is 0 Å². The number of ether oxygens (including phenoxy) is 2. The molecule has 0 aliphatic carbocycles. The molecule has 0 bridgehead atoms. The molecule has 1 fully saturated rings. The van der Waals surface area contributed by atoms with Crippen LogP contribution in [0.15, 0.2) is 40.8 Å². The minimum atomic E-state index is -0.805. The lowest BCUT2D eigenvalue weighted by molar-refractivity contribution is 0.0374. The van der Waals surface area contributed by atoms with Gasteiger partial charge in [0, 0.05) is 35.6 Å². The number of halogens is 1. The maximum atomic E-state index is 13.4. The van der Waals surface area contributed by atoms with Crippen LogP contribution >= 0.6 is 11.6 Å². The summed E-state index contributed by atoms with van der Waals surface area (Å²) >= 11 is 6.03. The lowest BCUT2D eigenvalue weighted by Gasteiger charge is -2.35. The summed E-state index contributed by atoms with van der Waals surface area (Å²) in [6.45, 7) is 8.55. The number of nitrogens with zero attached hydrogens (tertiary/aromatic N) is 1. The first-order valence-corrected chi connectivity index (χ1v) is 12.4. The van der Waals surface area contributed by atoms with Crippen LogP contribution in [0, 0.1) is 6.92 Å². The smallest absolute Gasteiger partial charge is 0.287 e. The maximum absolute atomic E-state index is 13.4. The van der Waals surface area contributed by atoms with Crippen molar-refractivity contribution in [3.05, 3.63) is 63.9 Å². The van der Waals surface area contributed by atoms with Crippen LogP contribution in [-0.4, -0.2) is 56.0 Å². The minimum Gasteiger partial charge on any atom is -0.482 e. The summed E-state index contributed by atoms with van der Waals surface area (Å²) in [6.07, 6.45) is 1.02. The van der Waals surface area contributed by atoms with Crippen LogP contribution in [0.2, 0.25) is 5.02 Å². The molecular weight excluding hydrogens is 468 g/mol. The van der Waals surface area contributed by atoms with Gasteiger partial charge in [0.05, 0.1) is 25.2 Å². The molecule has 2 aliphatic rings. The first kappa shape index (κ1) is 23.9. The minimum absolute atomic E-state index is 0.0457. The number of carbonyl (C=O) groups is 2. The summed E-state index contributed by atoms with van der Waals surface area (Å²) < 4.78 is 17.6. The Kier molecular flexibility index (Phi) is 6.57. The zero-order valence-electron chi connectivity index (χ0n) is 20.0. The van der Waals surface area contributed by atoms with Gasteiger partial charge in [-0.05, 0) is 56.6 Å². The highest BCUT2D eigenvalue weighted by molar-refractivity contribution is 6.30. The summed E-state index contributed by atoms with van der Waals surface area (Å²) in [5, 5.41) is 4.22. The molecule has 1 atom stereocenters. The van der Waals surface area contributed by atoms with Crippen LogP contribution < -0.4 is 10.1 Å². The van der Waals surface area contributed by atoms with Gasteiger partial charge in [0.1, 0.15) is 16.9 Å². The van der Waals surface area contributed by atoms with E-state index in [0.29, 0.717) is 39.4 Å². The van der Waals surface area contributed by atoms with Gasteiger partial charge in [-0.3, -0.25) is 14.5 Å². The first-order chi connectivity index (χ1) is 16.9. The zero-order valence-corrected chi connectivity index (χ0v) is 20.7. The molecule has 7 nitrogen and oxygen atoms in total. The molecule has 2 aromatic carbocycles. The number of rotatable bonds is 6. The predicted molar refractivity (Wildman–Crippen MR) is 134 cm³/mol. The van der Waals surface area contributed by atoms with E-state index in [-0.39, 0.29) is 23.9 Å². The number of hydrogen-bond donors (Lipinski definition) is 1. The molecule has 3 heterocycles. The number of hydrogen-bond acceptors (Lipinski definition) is 6. The highest BCUT2D eigenvalue weighted by Gasteiger charge is 2.40. The number of amides is 1. The number of aryl methyl sites for hydroxylation is 1. The molecule has 1 N–H and O–H groups in total. The van der Waals surface area contributed by atoms with Crippen molar-refractivity contribution in [1.82, 2.24) is 10.2 Å². The van der Waals surface area contributed by atoms with Crippen LogP contribution in [0.1, 0.15) is 51.8 Å². The molecule has 3 aromatic rings. The van der Waals surface area contributed by atoms with Crippen molar-refractivity contribution in [2.24, 2.45) is 0 Å². The summed E-state index contributed by atoms with van der Waals surface area (Å²) in [7, 11) is 0. The Labute approximate surface area is 209 Å². The van der Waals surface area contributed by atoms with Gasteiger partial charge in [0.2, 0.25) is 0 Å². The molecule has 5 rings (SSSR count). The summed E-state index contributed by atoms with van der Waals surface area (Å²) in [6, 6.07) is 10.8. The van der Waals surface area contributed by atoms with Gasteiger partial charge < -0.3 is 19.2 Å². The average molecular weight is 497 g/mol. The van der Waals surface area contributed by atoms with E-state index in [9.17, 15) is 9.59 Å². The highest BCUT2D eigenvalue weighted by Crippen LogP contribution is 2.44. The molecule has 1 amide bonds. The molecule has 0 saturated carbocycles. The Balaban J connectivity index is 1.34. The van der Waals surface area contributed by atoms with Crippen LogP contribution in [0.25, 0.3) is 11.0 Å². The van der Waals surface area contributed by atoms with Gasteiger partial charge in [0.15, 0.2) is 11.5 Å². The molecule has 35 heavy (non-hydrogen) atoms. The van der Waals surface area contributed by atoms with Gasteiger partial charge in [-0.15, -0.1) is 0 Å². The molecular formula is C27H29ClN2O5. The van der Waals surface area contributed by atoms with Gasteiger partial charge in [0.25, 0.3) is 5.91 Å². The number of nitrogens with one attached hydrogen (secondary N) is 1. The Morgan fingerprint density at radius 1 is 1.14 bits per heavy atom. The van der Waals surface area contributed by atoms with Crippen molar-refractivity contribution < 1.29 is 23.5 Å². The van der Waals surface area contributed by atoms with E-state index in [1.54, 1.807) is 24.3 Å². The van der Waals surface area contributed by atoms with E-state index in [1.165, 1.54) is 0 Å².